The van der Waals surface area contributed by atoms with Crippen LogP contribution in [0.15, 0.2) is 29.6 Å². The van der Waals surface area contributed by atoms with Crippen molar-refractivity contribution < 1.29 is 9.59 Å². The van der Waals surface area contributed by atoms with Gasteiger partial charge in [0.25, 0.3) is 5.91 Å². The number of benzene rings is 1. The summed E-state index contributed by atoms with van der Waals surface area (Å²) in [5, 5.41) is 8.00. The Balaban J connectivity index is 1.58. The van der Waals surface area contributed by atoms with E-state index in [0.717, 1.165) is 25.9 Å². The molecule has 0 saturated carbocycles. The van der Waals surface area contributed by atoms with Crippen molar-refractivity contribution in [3.63, 3.8) is 0 Å². The fraction of sp³-hybridized carbons (Fsp3) is 0.353. The van der Waals surface area contributed by atoms with E-state index in [1.807, 2.05) is 4.90 Å². The van der Waals surface area contributed by atoms with Gasteiger partial charge in [0.15, 0.2) is 5.13 Å². The number of rotatable bonds is 3. The van der Waals surface area contributed by atoms with E-state index in [-0.39, 0.29) is 5.91 Å². The molecule has 1 atom stereocenters. The Morgan fingerprint density at radius 3 is 2.76 bits per heavy atom. The van der Waals surface area contributed by atoms with Gasteiger partial charge in [-0.05, 0) is 43.0 Å². The summed E-state index contributed by atoms with van der Waals surface area (Å²) in [5.41, 5.74) is 0.998. The molecule has 2 heterocycles. The third kappa shape index (κ3) is 4.70. The fourth-order valence-corrected chi connectivity index (χ4v) is 3.56. The van der Waals surface area contributed by atoms with Crippen molar-refractivity contribution in [3.8, 4) is 0 Å². The summed E-state index contributed by atoms with van der Waals surface area (Å²) in [4.78, 5) is 30.6. The minimum Gasteiger partial charge on any atom is -0.337 e. The van der Waals surface area contributed by atoms with E-state index in [2.05, 4.69) is 22.5 Å². The Morgan fingerprint density at radius 1 is 1.28 bits per heavy atom. The largest absolute Gasteiger partial charge is 0.337 e. The Kier molecular flexibility index (Phi) is 5.55. The summed E-state index contributed by atoms with van der Waals surface area (Å²) in [5.74, 6) is 0.438. The van der Waals surface area contributed by atoms with Gasteiger partial charge in [-0.3, -0.25) is 10.1 Å². The maximum Gasteiger partial charge on any atom is 0.325 e. The molecule has 0 bridgehead atoms. The first-order valence-corrected chi connectivity index (χ1v) is 9.35. The second-order valence-electron chi connectivity index (χ2n) is 6.12. The van der Waals surface area contributed by atoms with Crippen molar-refractivity contribution in [2.24, 2.45) is 5.92 Å². The minimum atomic E-state index is -0.415. The molecule has 1 aromatic heterocycles. The van der Waals surface area contributed by atoms with Gasteiger partial charge in [-0.25, -0.2) is 9.78 Å². The number of aromatic nitrogens is 1. The normalized spacial score (nSPS) is 17.2. The van der Waals surface area contributed by atoms with E-state index in [0.29, 0.717) is 27.5 Å². The first kappa shape index (κ1) is 17.7. The van der Waals surface area contributed by atoms with Crippen LogP contribution in [-0.4, -0.2) is 34.9 Å². The minimum absolute atomic E-state index is 0.0750. The number of carbonyl (C=O) groups excluding carboxylic acids is 2. The van der Waals surface area contributed by atoms with E-state index in [1.54, 1.807) is 29.6 Å². The van der Waals surface area contributed by atoms with Crippen LogP contribution >= 0.6 is 22.9 Å². The molecular weight excluding hydrogens is 360 g/mol. The molecule has 2 N–H and O–H groups in total. The lowest BCUT2D eigenvalue weighted by Crippen LogP contribution is -2.39. The standard InChI is InChI=1S/C17H19ClN4O2S/c1-11-3-2-8-22(9-11)15(23)14-10-25-17(20-14)21-16(24)19-13-6-4-12(18)5-7-13/h4-7,10-11H,2-3,8-9H2,1H3,(H2,19,20,21,24). The molecule has 25 heavy (non-hydrogen) atoms. The van der Waals surface area contributed by atoms with Gasteiger partial charge in [-0.15, -0.1) is 11.3 Å². The molecule has 3 amide bonds. The molecule has 1 aromatic carbocycles. The van der Waals surface area contributed by atoms with Crippen LogP contribution in [0.3, 0.4) is 0 Å². The average Bonchev–Trinajstić information content (AvgIpc) is 3.04. The summed E-state index contributed by atoms with van der Waals surface area (Å²) >= 11 is 7.04. The smallest absolute Gasteiger partial charge is 0.325 e. The van der Waals surface area contributed by atoms with Crippen molar-refractivity contribution >= 4 is 45.7 Å². The number of halogens is 1. The zero-order chi connectivity index (χ0) is 17.8. The lowest BCUT2D eigenvalue weighted by Gasteiger charge is -2.30. The highest BCUT2D eigenvalue weighted by Gasteiger charge is 2.24. The molecule has 1 saturated heterocycles. The number of hydrogen-bond acceptors (Lipinski definition) is 4. The maximum atomic E-state index is 12.5. The first-order chi connectivity index (χ1) is 12.0. The molecule has 0 aliphatic carbocycles. The number of urea groups is 1. The number of nitrogens with one attached hydrogen (secondary N) is 2. The molecule has 6 nitrogen and oxygen atoms in total. The predicted molar refractivity (Wildman–Crippen MR) is 101 cm³/mol. The van der Waals surface area contributed by atoms with Gasteiger partial charge in [0.2, 0.25) is 0 Å². The summed E-state index contributed by atoms with van der Waals surface area (Å²) in [6.45, 7) is 3.67. The third-order valence-electron chi connectivity index (χ3n) is 3.99. The monoisotopic (exact) mass is 378 g/mol. The van der Waals surface area contributed by atoms with Crippen molar-refractivity contribution in [1.82, 2.24) is 9.88 Å². The number of anilines is 2. The molecule has 0 radical (unpaired) electrons. The lowest BCUT2D eigenvalue weighted by atomic mass is 10.0. The second-order valence-corrected chi connectivity index (χ2v) is 7.42. The van der Waals surface area contributed by atoms with Gasteiger partial charge in [0.1, 0.15) is 5.69 Å². The predicted octanol–water partition coefficient (Wildman–Crippen LogP) is 4.31. The van der Waals surface area contributed by atoms with Crippen molar-refractivity contribution in [3.05, 3.63) is 40.4 Å². The zero-order valence-corrected chi connectivity index (χ0v) is 15.4. The Labute approximate surface area is 155 Å². The molecule has 2 aromatic rings. The second kappa shape index (κ2) is 7.84. The van der Waals surface area contributed by atoms with Crippen LogP contribution in [0.5, 0.6) is 0 Å². The highest BCUT2D eigenvalue weighted by Crippen LogP contribution is 2.21. The first-order valence-electron chi connectivity index (χ1n) is 8.09. The summed E-state index contributed by atoms with van der Waals surface area (Å²) in [7, 11) is 0. The van der Waals surface area contributed by atoms with Crippen molar-refractivity contribution in [2.75, 3.05) is 23.7 Å². The number of nitrogens with zero attached hydrogens (tertiary/aromatic N) is 2. The molecule has 132 valence electrons. The molecular formula is C17H19ClN4O2S. The number of likely N-dealkylation sites (tertiary alicyclic amines) is 1. The number of amides is 3. The molecule has 1 unspecified atom stereocenters. The molecule has 3 rings (SSSR count). The fourth-order valence-electron chi connectivity index (χ4n) is 2.76. The Hall–Kier alpha value is -2.12. The number of thiazole rings is 1. The van der Waals surface area contributed by atoms with E-state index in [1.165, 1.54) is 11.3 Å². The number of hydrogen-bond donors (Lipinski definition) is 2. The van der Waals surface area contributed by atoms with Gasteiger partial charge in [0.05, 0.1) is 0 Å². The van der Waals surface area contributed by atoms with Gasteiger partial charge in [-0.1, -0.05) is 18.5 Å². The lowest BCUT2D eigenvalue weighted by molar-refractivity contribution is 0.0678. The van der Waals surface area contributed by atoms with E-state index in [9.17, 15) is 9.59 Å². The Morgan fingerprint density at radius 2 is 2.04 bits per heavy atom. The van der Waals surface area contributed by atoms with E-state index in [4.69, 9.17) is 11.6 Å². The van der Waals surface area contributed by atoms with E-state index < -0.39 is 6.03 Å². The van der Waals surface area contributed by atoms with Crippen LogP contribution in [-0.2, 0) is 0 Å². The van der Waals surface area contributed by atoms with Crippen LogP contribution < -0.4 is 10.6 Å². The summed E-state index contributed by atoms with van der Waals surface area (Å²) in [6.07, 6.45) is 2.17. The van der Waals surface area contributed by atoms with Gasteiger partial charge in [-0.2, -0.15) is 0 Å². The molecule has 0 spiro atoms. The topological polar surface area (TPSA) is 74.3 Å². The maximum absolute atomic E-state index is 12.5. The van der Waals surface area contributed by atoms with Crippen LogP contribution in [0.1, 0.15) is 30.3 Å². The molecule has 8 heteroatoms. The van der Waals surface area contributed by atoms with Gasteiger partial charge < -0.3 is 10.2 Å². The molecule has 1 aliphatic heterocycles. The van der Waals surface area contributed by atoms with Crippen LogP contribution in [0.4, 0.5) is 15.6 Å². The average molecular weight is 379 g/mol. The highest BCUT2D eigenvalue weighted by atomic mass is 35.5. The SMILES string of the molecule is CC1CCCN(C(=O)c2csc(NC(=O)Nc3ccc(Cl)cc3)n2)C1. The van der Waals surface area contributed by atoms with Crippen LogP contribution in [0, 0.1) is 5.92 Å². The number of piperidine rings is 1. The quantitative estimate of drug-likeness (QED) is 0.835. The zero-order valence-electron chi connectivity index (χ0n) is 13.8. The van der Waals surface area contributed by atoms with Crippen molar-refractivity contribution in [2.45, 2.75) is 19.8 Å². The van der Waals surface area contributed by atoms with Crippen LogP contribution in [0.2, 0.25) is 5.02 Å². The summed E-state index contributed by atoms with van der Waals surface area (Å²) in [6, 6.07) is 6.38. The molecule has 1 fully saturated rings. The van der Waals surface area contributed by atoms with E-state index >= 15 is 0 Å². The summed E-state index contributed by atoms with van der Waals surface area (Å²) < 4.78 is 0. The third-order valence-corrected chi connectivity index (χ3v) is 5.00. The van der Waals surface area contributed by atoms with Crippen LogP contribution in [0.25, 0.3) is 0 Å². The number of carbonyl (C=O) groups is 2. The van der Waals surface area contributed by atoms with Crippen molar-refractivity contribution in [1.29, 1.82) is 0 Å². The van der Waals surface area contributed by atoms with Gasteiger partial charge >= 0.3 is 6.03 Å². The molecule has 1 aliphatic rings. The van der Waals surface area contributed by atoms with Gasteiger partial charge in [0, 0.05) is 29.2 Å². The highest BCUT2D eigenvalue weighted by molar-refractivity contribution is 7.14. The Bertz CT molecular complexity index is 762.